The highest BCUT2D eigenvalue weighted by atomic mass is 16.7. The Morgan fingerprint density at radius 3 is 2.83 bits per heavy atom. The molecule has 3 N–H and O–H groups in total. The van der Waals surface area contributed by atoms with Crippen LogP contribution in [-0.2, 0) is 14.2 Å². The van der Waals surface area contributed by atoms with Gasteiger partial charge in [0.25, 0.3) is 0 Å². The van der Waals surface area contributed by atoms with Crippen LogP contribution in [0.1, 0.15) is 27.0 Å². The molecule has 126 valence electrons. The Kier molecular flexibility index (Phi) is 4.60. The van der Waals surface area contributed by atoms with Gasteiger partial charge < -0.3 is 25.1 Å². The van der Waals surface area contributed by atoms with Gasteiger partial charge in [-0.25, -0.2) is 9.59 Å². The van der Waals surface area contributed by atoms with Crippen molar-refractivity contribution in [2.45, 2.75) is 38.7 Å². The molecule has 0 fully saturated rings. The molecule has 1 aliphatic rings. The Balaban J connectivity index is 1.96. The smallest absolute Gasteiger partial charge is 0.468 e. The normalized spacial score (nSPS) is 20.6. The number of aliphatic hydroxyl groups is 1. The van der Waals surface area contributed by atoms with Crippen LogP contribution >= 0.6 is 0 Å². The first-order chi connectivity index (χ1) is 10.7. The number of carbonyl (C=O) groups is 1. The molecule has 0 saturated heterocycles. The number of hydrogen-bond acceptors (Lipinski definition) is 8. The summed E-state index contributed by atoms with van der Waals surface area (Å²) < 4.78 is 16.4. The number of rotatable bonds is 3. The van der Waals surface area contributed by atoms with Gasteiger partial charge in [0.15, 0.2) is 6.61 Å². The van der Waals surface area contributed by atoms with E-state index in [2.05, 4.69) is 4.98 Å². The number of aliphatic hydroxyl groups excluding tert-OH is 1. The maximum absolute atomic E-state index is 11.8. The minimum Gasteiger partial charge on any atom is -0.468 e. The molecule has 2 atom stereocenters. The number of nitrogens with two attached hydrogens (primary N) is 1. The Labute approximate surface area is 132 Å². The van der Waals surface area contributed by atoms with E-state index in [4.69, 9.17) is 19.9 Å². The highest BCUT2D eigenvalue weighted by Gasteiger charge is 2.31. The molecule has 0 bridgehead atoms. The fourth-order valence-electron chi connectivity index (χ4n) is 1.87. The molecule has 0 aromatic carbocycles. The first-order valence-corrected chi connectivity index (χ1v) is 6.91. The highest BCUT2D eigenvalue weighted by Crippen LogP contribution is 2.25. The first-order valence-electron chi connectivity index (χ1n) is 6.91. The number of anilines is 1. The molecule has 2 heterocycles. The van der Waals surface area contributed by atoms with Crippen LogP contribution < -0.4 is 11.4 Å². The van der Waals surface area contributed by atoms with Crippen molar-refractivity contribution in [3.63, 3.8) is 0 Å². The van der Waals surface area contributed by atoms with Crippen molar-refractivity contribution >= 4 is 12.0 Å². The van der Waals surface area contributed by atoms with Gasteiger partial charge in [0.05, 0.1) is 0 Å². The fraction of sp³-hybridized carbons (Fsp3) is 0.500. The zero-order chi connectivity index (χ0) is 17.2. The topological polar surface area (TPSA) is 126 Å². The summed E-state index contributed by atoms with van der Waals surface area (Å²) in [6.45, 7) is 4.90. The highest BCUT2D eigenvalue weighted by molar-refractivity contribution is 5.60. The molecular formula is C14H19N3O6. The summed E-state index contributed by atoms with van der Waals surface area (Å²) in [5.74, 6) is 0.275. The molecule has 0 aliphatic carbocycles. The quantitative estimate of drug-likeness (QED) is 0.772. The third-order valence-corrected chi connectivity index (χ3v) is 2.77. The predicted molar refractivity (Wildman–Crippen MR) is 79.3 cm³/mol. The number of nitrogen functional groups attached to an aromatic ring is 1. The summed E-state index contributed by atoms with van der Waals surface area (Å²) in [5.41, 5.74) is 4.08. The Morgan fingerprint density at radius 2 is 2.22 bits per heavy atom. The molecule has 23 heavy (non-hydrogen) atoms. The van der Waals surface area contributed by atoms with Gasteiger partial charge in [0, 0.05) is 6.20 Å². The van der Waals surface area contributed by atoms with Crippen molar-refractivity contribution in [3.05, 3.63) is 34.6 Å². The van der Waals surface area contributed by atoms with Crippen molar-refractivity contribution in [2.24, 2.45) is 0 Å². The number of aromatic nitrogens is 2. The van der Waals surface area contributed by atoms with E-state index >= 15 is 0 Å². The molecule has 9 nitrogen and oxygen atoms in total. The zero-order valence-corrected chi connectivity index (χ0v) is 13.1. The van der Waals surface area contributed by atoms with Crippen molar-refractivity contribution in [2.75, 3.05) is 12.3 Å². The van der Waals surface area contributed by atoms with Crippen LogP contribution in [0.25, 0.3) is 0 Å². The molecule has 1 aromatic rings. The van der Waals surface area contributed by atoms with Gasteiger partial charge in [-0.2, -0.15) is 4.98 Å². The van der Waals surface area contributed by atoms with Gasteiger partial charge >= 0.3 is 11.8 Å². The van der Waals surface area contributed by atoms with Crippen LogP contribution in [-0.4, -0.2) is 39.1 Å². The fourth-order valence-corrected chi connectivity index (χ4v) is 1.87. The van der Waals surface area contributed by atoms with Crippen LogP contribution in [0.2, 0.25) is 0 Å². The van der Waals surface area contributed by atoms with Gasteiger partial charge in [-0.05, 0) is 32.9 Å². The lowest BCUT2D eigenvalue weighted by molar-refractivity contribution is -0.0289. The number of hydrogen-bond donors (Lipinski definition) is 2. The maximum Gasteiger partial charge on any atom is 0.509 e. The van der Waals surface area contributed by atoms with E-state index in [1.54, 1.807) is 20.8 Å². The molecule has 2 rings (SSSR count). The number of ether oxygens (including phenoxy) is 3. The molecule has 1 aliphatic heterocycles. The molecular weight excluding hydrogens is 306 g/mol. The third kappa shape index (κ3) is 4.46. The van der Waals surface area contributed by atoms with Gasteiger partial charge in [0.2, 0.25) is 6.23 Å². The molecule has 0 unspecified atom stereocenters. The molecule has 9 heteroatoms. The molecule has 0 saturated carbocycles. The third-order valence-electron chi connectivity index (χ3n) is 2.77. The van der Waals surface area contributed by atoms with E-state index in [0.717, 1.165) is 4.57 Å². The van der Waals surface area contributed by atoms with Crippen molar-refractivity contribution < 1.29 is 24.1 Å². The van der Waals surface area contributed by atoms with E-state index in [-0.39, 0.29) is 18.2 Å². The largest absolute Gasteiger partial charge is 0.509 e. The van der Waals surface area contributed by atoms with Crippen molar-refractivity contribution in [3.8, 4) is 0 Å². The monoisotopic (exact) mass is 325 g/mol. The van der Waals surface area contributed by atoms with E-state index in [1.807, 2.05) is 0 Å². The van der Waals surface area contributed by atoms with Crippen molar-refractivity contribution in [1.82, 2.24) is 9.55 Å². The minimum absolute atomic E-state index is 0.0696. The molecule has 0 spiro atoms. The summed E-state index contributed by atoms with van der Waals surface area (Å²) in [6.07, 6.45) is -0.225. The summed E-state index contributed by atoms with van der Waals surface area (Å²) in [7, 11) is 0. The van der Waals surface area contributed by atoms with E-state index in [1.165, 1.54) is 18.3 Å². The lowest BCUT2D eigenvalue weighted by Crippen LogP contribution is -2.32. The van der Waals surface area contributed by atoms with E-state index < -0.39 is 29.8 Å². The lowest BCUT2D eigenvalue weighted by Gasteiger charge is -2.20. The molecule has 1 aromatic heterocycles. The summed E-state index contributed by atoms with van der Waals surface area (Å²) >= 11 is 0. The Morgan fingerprint density at radius 1 is 1.52 bits per heavy atom. The zero-order valence-electron chi connectivity index (χ0n) is 13.1. The Hall–Kier alpha value is -2.55. The van der Waals surface area contributed by atoms with Crippen molar-refractivity contribution in [1.29, 1.82) is 0 Å². The summed E-state index contributed by atoms with van der Waals surface area (Å²) in [5, 5.41) is 9.97. The molecule has 0 radical (unpaired) electrons. The predicted octanol–water partition coefficient (Wildman–Crippen LogP) is 0.551. The van der Waals surface area contributed by atoms with Gasteiger partial charge in [0.1, 0.15) is 23.3 Å². The number of nitrogens with zero attached hydrogens (tertiary/aromatic N) is 2. The van der Waals surface area contributed by atoms with Gasteiger partial charge in [-0.1, -0.05) is 0 Å². The first kappa shape index (κ1) is 16.8. The second-order valence-electron chi connectivity index (χ2n) is 5.93. The average molecular weight is 325 g/mol. The molecule has 0 amide bonds. The second-order valence-corrected chi connectivity index (χ2v) is 5.93. The van der Waals surface area contributed by atoms with Crippen LogP contribution in [0, 0.1) is 0 Å². The summed E-state index contributed by atoms with van der Waals surface area (Å²) in [6, 6.07) is 1.41. The maximum atomic E-state index is 11.8. The number of carbonyl (C=O) groups excluding carboxylic acids is 1. The lowest BCUT2D eigenvalue weighted by atomic mass is 10.2. The Bertz CT molecular complexity index is 676. The van der Waals surface area contributed by atoms with Crippen LogP contribution in [0.15, 0.2) is 28.9 Å². The second kappa shape index (κ2) is 6.29. The SMILES string of the molecule is CC(C)(C)OC(=O)OCC1=C[C@@H](O)[C@H](n2ccc(N)nc2=O)O1. The average Bonchev–Trinajstić information content (AvgIpc) is 2.76. The van der Waals surface area contributed by atoms with Gasteiger partial charge in [-0.3, -0.25) is 4.57 Å². The van der Waals surface area contributed by atoms with E-state index in [0.29, 0.717) is 0 Å². The summed E-state index contributed by atoms with van der Waals surface area (Å²) in [4.78, 5) is 26.8. The van der Waals surface area contributed by atoms with Crippen LogP contribution in [0.5, 0.6) is 0 Å². The van der Waals surface area contributed by atoms with Crippen LogP contribution in [0.4, 0.5) is 10.6 Å². The standard InChI is InChI=1S/C14H19N3O6/c1-14(2,3)23-13(20)21-7-8-6-9(18)11(22-8)17-5-4-10(15)16-12(17)19/h4-6,9,11,18H,7H2,1-3H3,(H2,15,16,19)/t9-,11-/m1/s1. The minimum atomic E-state index is -1.09. The van der Waals surface area contributed by atoms with Crippen LogP contribution in [0.3, 0.4) is 0 Å². The van der Waals surface area contributed by atoms with Gasteiger partial charge in [-0.15, -0.1) is 0 Å². The van der Waals surface area contributed by atoms with E-state index in [9.17, 15) is 14.7 Å².